The van der Waals surface area contributed by atoms with Gasteiger partial charge in [0.1, 0.15) is 0 Å². The van der Waals surface area contributed by atoms with E-state index >= 15 is 0 Å². The minimum absolute atomic E-state index is 0.166. The predicted octanol–water partition coefficient (Wildman–Crippen LogP) is 2.24. The molecule has 0 aromatic heterocycles. The Morgan fingerprint density at radius 1 is 0.750 bits per heavy atom. The number of nitrogens with zero attached hydrogens (tertiary/aromatic N) is 2. The van der Waals surface area contributed by atoms with Gasteiger partial charge in [0, 0.05) is 28.2 Å². The molecule has 0 atom stereocenters. The fourth-order valence-electron chi connectivity index (χ4n) is 2.08. The summed E-state index contributed by atoms with van der Waals surface area (Å²) >= 11 is 0. The first-order chi connectivity index (χ1) is 9.41. The Labute approximate surface area is 118 Å². The lowest BCUT2D eigenvalue weighted by atomic mass is 9.99. The number of rotatable bonds is 2. The summed E-state index contributed by atoms with van der Waals surface area (Å²) in [5, 5.41) is 1.90. The van der Waals surface area contributed by atoms with Gasteiger partial charge in [-0.2, -0.15) is 0 Å². The van der Waals surface area contributed by atoms with E-state index in [1.54, 1.807) is 40.3 Å². The first-order valence-corrected chi connectivity index (χ1v) is 6.38. The van der Waals surface area contributed by atoms with Crippen molar-refractivity contribution in [3.05, 3.63) is 47.5 Å². The molecule has 0 unspecified atom stereocenters. The third-order valence-electron chi connectivity index (χ3n) is 3.16. The first kappa shape index (κ1) is 14.1. The van der Waals surface area contributed by atoms with Gasteiger partial charge in [-0.15, -0.1) is 0 Å². The maximum Gasteiger partial charge on any atom is 0.254 e. The minimum Gasteiger partial charge on any atom is -0.345 e. The molecule has 4 nitrogen and oxygen atoms in total. The van der Waals surface area contributed by atoms with E-state index in [4.69, 9.17) is 0 Å². The minimum atomic E-state index is -0.166. The number of hydrogen-bond donors (Lipinski definition) is 0. The van der Waals surface area contributed by atoms with Crippen LogP contribution in [0.3, 0.4) is 0 Å². The van der Waals surface area contributed by atoms with E-state index in [2.05, 4.69) is 0 Å². The summed E-state index contributed by atoms with van der Waals surface area (Å²) in [6.45, 7) is 0. The van der Waals surface area contributed by atoms with Crippen LogP contribution in [0, 0.1) is 0 Å². The van der Waals surface area contributed by atoms with Crippen LogP contribution in [0.2, 0.25) is 0 Å². The topological polar surface area (TPSA) is 40.6 Å². The Morgan fingerprint density at radius 2 is 1.10 bits per heavy atom. The van der Waals surface area contributed by atoms with Crippen molar-refractivity contribution >= 4 is 22.6 Å². The molecule has 4 heteroatoms. The maximum absolute atomic E-state index is 12.3. The zero-order valence-electron chi connectivity index (χ0n) is 12.2. The van der Waals surface area contributed by atoms with Crippen LogP contribution in [0.15, 0.2) is 36.4 Å². The van der Waals surface area contributed by atoms with E-state index in [9.17, 15) is 9.59 Å². The highest BCUT2D eigenvalue weighted by molar-refractivity contribution is 6.10. The Balaban J connectivity index is 2.71. The Hall–Kier alpha value is -2.36. The van der Waals surface area contributed by atoms with Crippen LogP contribution in [0.4, 0.5) is 0 Å². The van der Waals surface area contributed by atoms with Crippen molar-refractivity contribution in [2.24, 2.45) is 0 Å². The van der Waals surface area contributed by atoms with Crippen LogP contribution in [-0.4, -0.2) is 49.8 Å². The fourth-order valence-corrected chi connectivity index (χ4v) is 2.08. The molecule has 0 saturated carbocycles. The standard InChI is InChI=1S/C16H18N2O2/c1-17(2)15(19)13-9-11-7-5-6-8-12(11)10-14(13)16(20)18(3)4/h5-10H,1-4H3. The molecule has 2 rings (SSSR count). The number of carbonyl (C=O) groups is 2. The van der Waals surface area contributed by atoms with Crippen LogP contribution in [0.25, 0.3) is 10.8 Å². The average molecular weight is 270 g/mol. The van der Waals surface area contributed by atoms with Crippen molar-refractivity contribution in [3.63, 3.8) is 0 Å². The molecular formula is C16H18N2O2. The predicted molar refractivity (Wildman–Crippen MR) is 80.0 cm³/mol. The monoisotopic (exact) mass is 270 g/mol. The van der Waals surface area contributed by atoms with Crippen molar-refractivity contribution in [1.29, 1.82) is 0 Å². The summed E-state index contributed by atoms with van der Waals surface area (Å²) in [7, 11) is 6.73. The molecule has 0 bridgehead atoms. The van der Waals surface area contributed by atoms with Crippen molar-refractivity contribution in [3.8, 4) is 0 Å². The zero-order chi connectivity index (χ0) is 14.9. The second-order valence-corrected chi connectivity index (χ2v) is 5.14. The van der Waals surface area contributed by atoms with E-state index in [-0.39, 0.29) is 11.8 Å². The summed E-state index contributed by atoms with van der Waals surface area (Å²) in [4.78, 5) is 27.5. The van der Waals surface area contributed by atoms with E-state index in [1.165, 1.54) is 9.80 Å². The fraction of sp³-hybridized carbons (Fsp3) is 0.250. The average Bonchev–Trinajstić information content (AvgIpc) is 2.44. The molecule has 0 spiro atoms. The molecule has 0 heterocycles. The molecule has 0 aliphatic rings. The van der Waals surface area contributed by atoms with Crippen LogP contribution < -0.4 is 0 Å². The quantitative estimate of drug-likeness (QED) is 0.839. The van der Waals surface area contributed by atoms with Gasteiger partial charge in [-0.05, 0) is 22.9 Å². The van der Waals surface area contributed by atoms with Crippen LogP contribution >= 0.6 is 0 Å². The number of benzene rings is 2. The van der Waals surface area contributed by atoms with Crippen molar-refractivity contribution in [2.45, 2.75) is 0 Å². The zero-order valence-corrected chi connectivity index (χ0v) is 12.2. The van der Waals surface area contributed by atoms with Crippen molar-refractivity contribution < 1.29 is 9.59 Å². The van der Waals surface area contributed by atoms with Gasteiger partial charge in [0.2, 0.25) is 0 Å². The molecule has 2 aromatic rings. The maximum atomic E-state index is 12.3. The molecule has 0 saturated heterocycles. The normalized spacial score (nSPS) is 10.4. The lowest BCUT2D eigenvalue weighted by Crippen LogP contribution is -2.28. The van der Waals surface area contributed by atoms with E-state index in [0.717, 1.165) is 10.8 Å². The molecule has 20 heavy (non-hydrogen) atoms. The Morgan fingerprint density at radius 3 is 1.40 bits per heavy atom. The highest BCUT2D eigenvalue weighted by Crippen LogP contribution is 2.22. The summed E-state index contributed by atoms with van der Waals surface area (Å²) in [5.74, 6) is -0.332. The number of hydrogen-bond acceptors (Lipinski definition) is 2. The lowest BCUT2D eigenvalue weighted by Gasteiger charge is -2.17. The van der Waals surface area contributed by atoms with Gasteiger partial charge in [0.05, 0.1) is 11.1 Å². The molecule has 0 radical (unpaired) electrons. The SMILES string of the molecule is CN(C)C(=O)c1cc2ccccc2cc1C(=O)N(C)C. The van der Waals surface area contributed by atoms with Crippen LogP contribution in [0.5, 0.6) is 0 Å². The van der Waals surface area contributed by atoms with E-state index in [0.29, 0.717) is 11.1 Å². The van der Waals surface area contributed by atoms with Gasteiger partial charge in [0.25, 0.3) is 11.8 Å². The summed E-state index contributed by atoms with van der Waals surface area (Å²) in [6, 6.07) is 11.3. The molecule has 0 aliphatic carbocycles. The highest BCUT2D eigenvalue weighted by Gasteiger charge is 2.20. The van der Waals surface area contributed by atoms with Gasteiger partial charge in [-0.25, -0.2) is 0 Å². The van der Waals surface area contributed by atoms with Crippen LogP contribution in [-0.2, 0) is 0 Å². The van der Waals surface area contributed by atoms with Gasteiger partial charge in [0.15, 0.2) is 0 Å². The molecule has 0 fully saturated rings. The van der Waals surface area contributed by atoms with Crippen LogP contribution in [0.1, 0.15) is 20.7 Å². The molecule has 2 aromatic carbocycles. The smallest absolute Gasteiger partial charge is 0.254 e. The van der Waals surface area contributed by atoms with E-state index in [1.807, 2.05) is 24.3 Å². The summed E-state index contributed by atoms with van der Waals surface area (Å²) in [6.07, 6.45) is 0. The Bertz CT molecular complexity index is 617. The van der Waals surface area contributed by atoms with Gasteiger partial charge in [-0.1, -0.05) is 24.3 Å². The molecular weight excluding hydrogens is 252 g/mol. The van der Waals surface area contributed by atoms with Gasteiger partial charge in [-0.3, -0.25) is 9.59 Å². The highest BCUT2D eigenvalue weighted by atomic mass is 16.2. The largest absolute Gasteiger partial charge is 0.345 e. The second kappa shape index (κ2) is 5.33. The number of amides is 2. The third-order valence-corrected chi connectivity index (χ3v) is 3.16. The van der Waals surface area contributed by atoms with Crippen molar-refractivity contribution in [2.75, 3.05) is 28.2 Å². The van der Waals surface area contributed by atoms with Crippen molar-refractivity contribution in [1.82, 2.24) is 9.80 Å². The number of fused-ring (bicyclic) bond motifs is 1. The lowest BCUT2D eigenvalue weighted by molar-refractivity contribution is 0.0790. The first-order valence-electron chi connectivity index (χ1n) is 6.38. The molecule has 0 aliphatic heterocycles. The number of carbonyl (C=O) groups excluding carboxylic acids is 2. The van der Waals surface area contributed by atoms with E-state index < -0.39 is 0 Å². The third kappa shape index (κ3) is 2.50. The molecule has 2 amide bonds. The van der Waals surface area contributed by atoms with Gasteiger partial charge >= 0.3 is 0 Å². The molecule has 0 N–H and O–H groups in total. The summed E-state index contributed by atoms with van der Waals surface area (Å²) in [5.41, 5.74) is 0.875. The molecule has 104 valence electrons. The van der Waals surface area contributed by atoms with Gasteiger partial charge < -0.3 is 9.80 Å². The Kier molecular flexibility index (Phi) is 3.74. The summed E-state index contributed by atoms with van der Waals surface area (Å²) < 4.78 is 0. The second-order valence-electron chi connectivity index (χ2n) is 5.14.